The molecule has 0 fully saturated rings. The molecule has 6 nitrogen and oxygen atoms in total. The maximum absolute atomic E-state index is 9.86. The standard InChI is InChI=1S/3C2H6NOS.3FH.W/c3*1-5(2,3)4;;;;/h3*1-2H3;3*1H;/q3*-1;;;;+3/p-3. The fourth-order valence-electron chi connectivity index (χ4n) is 0. The van der Waals surface area contributed by atoms with Crippen LogP contribution in [0.15, 0.2) is 0 Å². The molecular weight excluding hydrogens is 499 g/mol. The van der Waals surface area contributed by atoms with Gasteiger partial charge < -0.3 is 14.3 Å². The average Bonchev–Trinajstić information content (AvgIpc) is 1.66. The molecule has 0 aliphatic heterocycles. The van der Waals surface area contributed by atoms with E-state index >= 15 is 0 Å². The number of hydrogen-bond donors (Lipinski definition) is 0. The molecule has 0 bridgehead atoms. The van der Waals surface area contributed by atoms with Gasteiger partial charge in [0.15, 0.2) is 0 Å². The molecule has 0 N–H and O–H groups in total. The summed E-state index contributed by atoms with van der Waals surface area (Å²) >= 11 is -5.03. The van der Waals surface area contributed by atoms with Gasteiger partial charge in [-0.2, -0.15) is 0 Å². The van der Waals surface area contributed by atoms with Crippen molar-refractivity contribution in [1.82, 2.24) is 0 Å². The zero-order valence-corrected chi connectivity index (χ0v) is 16.7. The van der Waals surface area contributed by atoms with Gasteiger partial charge in [0.05, 0.1) is 0 Å². The van der Waals surface area contributed by atoms with Gasteiger partial charge in [0.1, 0.15) is 0 Å². The monoisotopic (exact) mass is 517 g/mol. The molecule has 0 unspecified atom stereocenters. The summed E-state index contributed by atoms with van der Waals surface area (Å²) in [6, 6.07) is 0. The molecule has 0 aliphatic carbocycles. The Bertz CT molecular complexity index is 404. The second-order valence-corrected chi connectivity index (χ2v) is 12.1. The van der Waals surface area contributed by atoms with E-state index in [1.165, 1.54) is 37.5 Å². The molecule has 19 heavy (non-hydrogen) atoms. The van der Waals surface area contributed by atoms with Crippen LogP contribution in [-0.2, 0) is 48.1 Å². The van der Waals surface area contributed by atoms with Gasteiger partial charge in [-0.05, 0) is 37.5 Å². The summed E-state index contributed by atoms with van der Waals surface area (Å²) < 4.78 is 83.0. The minimum absolute atomic E-state index is 1.27. The van der Waals surface area contributed by atoms with E-state index in [2.05, 4.69) is 0 Å². The Kier molecular flexibility index (Phi) is 17.6. The van der Waals surface area contributed by atoms with Crippen molar-refractivity contribution in [3.8, 4) is 0 Å². The number of halogens is 3. The van der Waals surface area contributed by atoms with Crippen molar-refractivity contribution in [1.29, 1.82) is 0 Å². The topological polar surface area (TPSA) is 118 Å². The molecule has 0 aromatic carbocycles. The summed E-state index contributed by atoms with van der Waals surface area (Å²) in [6.07, 6.45) is 7.63. The van der Waals surface area contributed by atoms with Crippen LogP contribution in [-0.4, -0.2) is 50.2 Å². The van der Waals surface area contributed by atoms with Crippen molar-refractivity contribution < 1.29 is 41.0 Å². The first-order valence-corrected chi connectivity index (χ1v) is 14.3. The van der Waals surface area contributed by atoms with Crippen LogP contribution in [0.3, 0.4) is 0 Å². The normalized spacial score (nSPS) is 11.1. The zero-order valence-electron chi connectivity index (χ0n) is 11.3. The van der Waals surface area contributed by atoms with E-state index < -0.39 is 48.1 Å². The third-order valence-corrected chi connectivity index (χ3v) is 0. The van der Waals surface area contributed by atoms with E-state index in [-0.39, 0.29) is 0 Å². The molecule has 0 aromatic rings. The second-order valence-electron chi connectivity index (χ2n) is 3.72. The van der Waals surface area contributed by atoms with Crippen molar-refractivity contribution >= 4 is 29.2 Å². The van der Waals surface area contributed by atoms with Crippen LogP contribution in [0.1, 0.15) is 0 Å². The summed E-state index contributed by atoms with van der Waals surface area (Å²) in [6.45, 7) is 0. The van der Waals surface area contributed by atoms with Crippen molar-refractivity contribution in [2.75, 3.05) is 37.5 Å². The molecule has 0 saturated heterocycles. The van der Waals surface area contributed by atoms with Gasteiger partial charge in [-0.15, -0.1) is 29.2 Å². The van der Waals surface area contributed by atoms with Crippen molar-refractivity contribution in [2.24, 2.45) is 0 Å². The fraction of sp³-hybridized carbons (Fsp3) is 1.00. The molecule has 123 valence electrons. The molecule has 0 rings (SSSR count). The number of rotatable bonds is 0. The van der Waals surface area contributed by atoms with Gasteiger partial charge in [0, 0.05) is 0 Å². The van der Waals surface area contributed by atoms with Gasteiger partial charge in [-0.25, -0.2) is 0 Å². The van der Waals surface area contributed by atoms with Crippen LogP contribution in [0.2, 0.25) is 0 Å². The Morgan fingerprint density at radius 1 is 0.632 bits per heavy atom. The van der Waals surface area contributed by atoms with Crippen LogP contribution < -0.4 is 0 Å². The number of hydrogen-bond acceptors (Lipinski definition) is 3. The quantitative estimate of drug-likeness (QED) is 0.490. The van der Waals surface area contributed by atoms with Gasteiger partial charge in [-0.1, -0.05) is 0 Å². The van der Waals surface area contributed by atoms with E-state index in [9.17, 15) is 22.1 Å². The van der Waals surface area contributed by atoms with E-state index in [4.69, 9.17) is 14.3 Å². The summed E-state index contributed by atoms with van der Waals surface area (Å²) in [4.78, 5) is 0. The first kappa shape index (κ1) is 27.6. The van der Waals surface area contributed by atoms with Crippen LogP contribution in [0.5, 0.6) is 0 Å². The average molecular weight is 517 g/mol. The maximum atomic E-state index is 9.86. The fourth-order valence-corrected chi connectivity index (χ4v) is 0. The molecule has 0 heterocycles. The third kappa shape index (κ3) is 45300. The van der Waals surface area contributed by atoms with Crippen molar-refractivity contribution in [3.63, 3.8) is 0 Å². The zero-order chi connectivity index (χ0) is 17.1. The van der Waals surface area contributed by atoms with Crippen molar-refractivity contribution in [2.45, 2.75) is 0 Å². The molecule has 0 aromatic heterocycles. The predicted octanol–water partition coefficient (Wildman–Crippen LogP) is 2.11. The Morgan fingerprint density at radius 3 is 0.632 bits per heavy atom. The van der Waals surface area contributed by atoms with Crippen LogP contribution >= 0.6 is 0 Å². The second kappa shape index (κ2) is 12.1. The molecule has 13 heteroatoms. The van der Waals surface area contributed by atoms with Gasteiger partial charge in [0.2, 0.25) is 0 Å². The summed E-state index contributed by atoms with van der Waals surface area (Å²) in [5.41, 5.74) is 0. The third-order valence-electron chi connectivity index (χ3n) is 0. The van der Waals surface area contributed by atoms with E-state index in [1.807, 2.05) is 0 Å². The molecular formula is C6H18F3N3O3S3W-3. The first-order valence-electron chi connectivity index (χ1n) is 3.96. The predicted molar refractivity (Wildman–Crippen MR) is 73.4 cm³/mol. The Morgan fingerprint density at radius 2 is 0.632 bits per heavy atom. The van der Waals surface area contributed by atoms with Gasteiger partial charge >= 0.3 is 28.4 Å². The molecule has 0 aliphatic rings. The Labute approximate surface area is 122 Å². The van der Waals surface area contributed by atoms with Crippen LogP contribution in [0.4, 0.5) is 9.47 Å². The minimum atomic E-state index is -5.03. The molecule has 0 amide bonds. The molecule has 0 saturated carbocycles. The SMILES string of the molecule is CS(C)(=[N-])=O.CS(C)(=[N-])=O.CS(C)(=[N-])=O.[F][W]([F])[F]. The Hall–Kier alpha value is 0.328. The summed E-state index contributed by atoms with van der Waals surface area (Å²) in [7, 11) is -7.25. The number of nitrogens with zero attached hydrogens (tertiary/aromatic N) is 3. The first-order chi connectivity index (χ1) is 7.73. The molecule has 0 spiro atoms. The van der Waals surface area contributed by atoms with Gasteiger partial charge in [-0.3, -0.25) is 12.6 Å². The molecule has 0 atom stereocenters. The molecule has 0 radical (unpaired) electrons. The van der Waals surface area contributed by atoms with Crippen LogP contribution in [0, 0.1) is 0 Å². The summed E-state index contributed by atoms with van der Waals surface area (Å²) in [5, 5.41) is 0. The van der Waals surface area contributed by atoms with E-state index in [0.717, 1.165) is 0 Å². The van der Waals surface area contributed by atoms with Crippen LogP contribution in [0.25, 0.3) is 14.3 Å². The van der Waals surface area contributed by atoms with Crippen molar-refractivity contribution in [3.05, 3.63) is 14.3 Å². The summed E-state index contributed by atoms with van der Waals surface area (Å²) in [5.74, 6) is 0. The Balaban J connectivity index is -0.0000000793. The van der Waals surface area contributed by atoms with E-state index in [1.54, 1.807) is 0 Å². The van der Waals surface area contributed by atoms with E-state index in [0.29, 0.717) is 0 Å². The van der Waals surface area contributed by atoms with Gasteiger partial charge in [0.25, 0.3) is 0 Å².